The number of ether oxygens (including phenoxy) is 2. The van der Waals surface area contributed by atoms with Gasteiger partial charge >= 0.3 is 0 Å². The standard InChI is InChI=1S/C13H19NO4S/c1-13(17-9-10-18-13)7-8-14-11-3-5-12(6-4-11)19(2,15)16/h3-6,14H,7-10H2,1-2H3. The predicted octanol–water partition coefficient (Wildman–Crippen LogP) is 1.66. The first-order chi connectivity index (χ1) is 8.89. The van der Waals surface area contributed by atoms with Crippen LogP contribution in [0.4, 0.5) is 5.69 Å². The highest BCUT2D eigenvalue weighted by molar-refractivity contribution is 7.90. The van der Waals surface area contributed by atoms with Crippen molar-refractivity contribution in [2.24, 2.45) is 0 Å². The fraction of sp³-hybridized carbons (Fsp3) is 0.538. The lowest BCUT2D eigenvalue weighted by atomic mass is 10.2. The summed E-state index contributed by atoms with van der Waals surface area (Å²) in [7, 11) is -3.13. The zero-order chi connectivity index (χ0) is 13.9. The van der Waals surface area contributed by atoms with Gasteiger partial charge in [0.1, 0.15) is 0 Å². The molecule has 0 atom stereocenters. The van der Waals surface area contributed by atoms with Gasteiger partial charge in [0, 0.05) is 24.9 Å². The second-order valence-corrected chi connectivity index (χ2v) is 6.82. The number of anilines is 1. The molecule has 0 aliphatic carbocycles. The molecule has 1 N–H and O–H groups in total. The lowest BCUT2D eigenvalue weighted by Gasteiger charge is -2.22. The molecule has 1 heterocycles. The lowest BCUT2D eigenvalue weighted by molar-refractivity contribution is -0.144. The summed E-state index contributed by atoms with van der Waals surface area (Å²) in [6, 6.07) is 6.72. The van der Waals surface area contributed by atoms with Crippen molar-refractivity contribution in [2.45, 2.75) is 24.0 Å². The van der Waals surface area contributed by atoms with E-state index < -0.39 is 15.6 Å². The first-order valence-electron chi connectivity index (χ1n) is 6.21. The Kier molecular flexibility index (Phi) is 4.13. The number of sulfone groups is 1. The van der Waals surface area contributed by atoms with Crippen LogP contribution in [-0.4, -0.2) is 40.2 Å². The third kappa shape index (κ3) is 3.92. The highest BCUT2D eigenvalue weighted by Gasteiger charge is 2.30. The summed E-state index contributed by atoms with van der Waals surface area (Å²) in [6.07, 6.45) is 1.94. The largest absolute Gasteiger partial charge is 0.385 e. The van der Waals surface area contributed by atoms with E-state index in [-0.39, 0.29) is 0 Å². The average molecular weight is 285 g/mol. The highest BCUT2D eigenvalue weighted by Crippen LogP contribution is 2.22. The summed E-state index contributed by atoms with van der Waals surface area (Å²) in [5.41, 5.74) is 0.883. The van der Waals surface area contributed by atoms with Crippen molar-refractivity contribution in [2.75, 3.05) is 31.3 Å². The van der Waals surface area contributed by atoms with E-state index in [2.05, 4.69) is 5.32 Å². The topological polar surface area (TPSA) is 64.6 Å². The molecule has 1 aliphatic rings. The minimum Gasteiger partial charge on any atom is -0.385 e. The van der Waals surface area contributed by atoms with E-state index in [0.29, 0.717) is 24.7 Å². The van der Waals surface area contributed by atoms with Crippen LogP contribution in [0.15, 0.2) is 29.2 Å². The van der Waals surface area contributed by atoms with Crippen LogP contribution in [0.3, 0.4) is 0 Å². The fourth-order valence-electron chi connectivity index (χ4n) is 1.96. The van der Waals surface area contributed by atoms with E-state index in [1.54, 1.807) is 24.3 Å². The van der Waals surface area contributed by atoms with Gasteiger partial charge in [0.2, 0.25) is 0 Å². The Balaban J connectivity index is 1.87. The molecular weight excluding hydrogens is 266 g/mol. The first-order valence-corrected chi connectivity index (χ1v) is 8.10. The van der Waals surface area contributed by atoms with Crippen LogP contribution < -0.4 is 5.32 Å². The van der Waals surface area contributed by atoms with Crippen LogP contribution in [0, 0.1) is 0 Å². The third-order valence-corrected chi connectivity index (χ3v) is 4.22. The van der Waals surface area contributed by atoms with E-state index in [1.165, 1.54) is 6.26 Å². The van der Waals surface area contributed by atoms with Crippen molar-refractivity contribution in [3.8, 4) is 0 Å². The van der Waals surface area contributed by atoms with E-state index >= 15 is 0 Å². The number of nitrogens with one attached hydrogen (secondary N) is 1. The quantitative estimate of drug-likeness (QED) is 0.891. The Morgan fingerprint density at radius 3 is 2.32 bits per heavy atom. The molecule has 0 amide bonds. The van der Waals surface area contributed by atoms with Crippen LogP contribution >= 0.6 is 0 Å². The lowest BCUT2D eigenvalue weighted by Crippen LogP contribution is -2.28. The summed E-state index contributed by atoms with van der Waals surface area (Å²) >= 11 is 0. The maximum Gasteiger partial charge on any atom is 0.175 e. The van der Waals surface area contributed by atoms with Crippen molar-refractivity contribution < 1.29 is 17.9 Å². The molecular formula is C13H19NO4S. The molecule has 0 unspecified atom stereocenters. The minimum atomic E-state index is -3.13. The Morgan fingerprint density at radius 1 is 1.21 bits per heavy atom. The highest BCUT2D eigenvalue weighted by atomic mass is 32.2. The number of hydrogen-bond donors (Lipinski definition) is 1. The van der Waals surface area contributed by atoms with E-state index in [4.69, 9.17) is 9.47 Å². The molecule has 1 fully saturated rings. The van der Waals surface area contributed by atoms with E-state index in [1.807, 2.05) is 6.92 Å². The van der Waals surface area contributed by atoms with Gasteiger partial charge in [-0.15, -0.1) is 0 Å². The zero-order valence-electron chi connectivity index (χ0n) is 11.2. The summed E-state index contributed by atoms with van der Waals surface area (Å²) in [6.45, 7) is 3.91. The maximum absolute atomic E-state index is 11.3. The summed E-state index contributed by atoms with van der Waals surface area (Å²) in [5, 5.41) is 3.22. The molecule has 19 heavy (non-hydrogen) atoms. The summed E-state index contributed by atoms with van der Waals surface area (Å²) in [4.78, 5) is 0.326. The number of hydrogen-bond acceptors (Lipinski definition) is 5. The minimum absolute atomic E-state index is 0.326. The molecule has 1 aliphatic heterocycles. The summed E-state index contributed by atoms with van der Waals surface area (Å²) < 4.78 is 33.6. The Bertz CT molecular complexity index is 518. The molecule has 5 nitrogen and oxygen atoms in total. The number of rotatable bonds is 5. The predicted molar refractivity (Wildman–Crippen MR) is 73.0 cm³/mol. The molecule has 6 heteroatoms. The molecule has 0 radical (unpaired) electrons. The van der Waals surface area contributed by atoms with Gasteiger partial charge in [0.15, 0.2) is 15.6 Å². The van der Waals surface area contributed by atoms with Crippen LogP contribution in [0.1, 0.15) is 13.3 Å². The van der Waals surface area contributed by atoms with Gasteiger partial charge in [-0.3, -0.25) is 0 Å². The SMILES string of the molecule is CC1(CCNc2ccc(S(C)(=O)=O)cc2)OCCO1. The second-order valence-electron chi connectivity index (χ2n) is 4.80. The molecule has 2 rings (SSSR count). The Hall–Kier alpha value is -1.11. The average Bonchev–Trinajstić information content (AvgIpc) is 2.76. The third-order valence-electron chi connectivity index (χ3n) is 3.09. The van der Waals surface area contributed by atoms with Gasteiger partial charge in [0.25, 0.3) is 0 Å². The van der Waals surface area contributed by atoms with Crippen molar-refractivity contribution in [3.63, 3.8) is 0 Å². The van der Waals surface area contributed by atoms with Gasteiger partial charge < -0.3 is 14.8 Å². The maximum atomic E-state index is 11.3. The normalized spacial score (nSPS) is 18.4. The molecule has 0 bridgehead atoms. The molecule has 1 aromatic rings. The Morgan fingerprint density at radius 2 is 1.79 bits per heavy atom. The molecule has 1 aromatic carbocycles. The number of benzene rings is 1. The molecule has 1 saturated heterocycles. The van der Waals surface area contributed by atoms with Crippen LogP contribution in [-0.2, 0) is 19.3 Å². The van der Waals surface area contributed by atoms with Crippen molar-refractivity contribution in [1.29, 1.82) is 0 Å². The van der Waals surface area contributed by atoms with Crippen molar-refractivity contribution in [3.05, 3.63) is 24.3 Å². The van der Waals surface area contributed by atoms with Gasteiger partial charge in [-0.05, 0) is 31.2 Å². The molecule has 0 saturated carbocycles. The van der Waals surface area contributed by atoms with E-state index in [9.17, 15) is 8.42 Å². The molecule has 106 valence electrons. The van der Waals surface area contributed by atoms with Gasteiger partial charge in [-0.25, -0.2) is 8.42 Å². The zero-order valence-corrected chi connectivity index (χ0v) is 12.0. The molecule has 0 aromatic heterocycles. The van der Waals surface area contributed by atoms with Crippen LogP contribution in [0.5, 0.6) is 0 Å². The Labute approximate surface area is 113 Å². The van der Waals surface area contributed by atoms with Gasteiger partial charge in [-0.1, -0.05) is 0 Å². The summed E-state index contributed by atoms with van der Waals surface area (Å²) in [5.74, 6) is -0.500. The molecule has 0 spiro atoms. The van der Waals surface area contributed by atoms with Crippen LogP contribution in [0.2, 0.25) is 0 Å². The van der Waals surface area contributed by atoms with Crippen molar-refractivity contribution >= 4 is 15.5 Å². The van der Waals surface area contributed by atoms with Crippen molar-refractivity contribution in [1.82, 2.24) is 0 Å². The fourth-order valence-corrected chi connectivity index (χ4v) is 2.59. The first kappa shape index (κ1) is 14.3. The second kappa shape index (κ2) is 5.48. The van der Waals surface area contributed by atoms with Gasteiger partial charge in [0.05, 0.1) is 18.1 Å². The van der Waals surface area contributed by atoms with Gasteiger partial charge in [-0.2, -0.15) is 0 Å². The van der Waals surface area contributed by atoms with E-state index in [0.717, 1.165) is 12.1 Å². The smallest absolute Gasteiger partial charge is 0.175 e. The monoisotopic (exact) mass is 285 g/mol. The van der Waals surface area contributed by atoms with Crippen LogP contribution in [0.25, 0.3) is 0 Å².